The number of hydrogen-bond donors (Lipinski definition) is 1. The highest BCUT2D eigenvalue weighted by molar-refractivity contribution is 7.89. The van der Waals surface area contributed by atoms with Gasteiger partial charge < -0.3 is 10.0 Å². The average Bonchev–Trinajstić information content (AvgIpc) is 3.21. The zero-order chi connectivity index (χ0) is 17.2. The smallest absolute Gasteiger partial charge is 0.303 e. The fraction of sp³-hybridized carbons (Fsp3) is 0.588. The summed E-state index contributed by atoms with van der Waals surface area (Å²) < 4.78 is 27.0. The molecular weight excluding hydrogens is 328 g/mol. The lowest BCUT2D eigenvalue weighted by atomic mass is 10.2. The predicted molar refractivity (Wildman–Crippen MR) is 91.8 cm³/mol. The van der Waals surface area contributed by atoms with Crippen LogP contribution in [-0.2, 0) is 21.2 Å². The molecule has 2 aliphatic rings. The SMILES string of the molecule is O=C(O)CCCCN1CCc2ccc(S(=O)(=O)N3CCCC3)cc21. The van der Waals surface area contributed by atoms with E-state index in [0.29, 0.717) is 24.4 Å². The summed E-state index contributed by atoms with van der Waals surface area (Å²) in [6, 6.07) is 5.45. The van der Waals surface area contributed by atoms with Crippen LogP contribution in [0.2, 0.25) is 0 Å². The highest BCUT2D eigenvalue weighted by atomic mass is 32.2. The van der Waals surface area contributed by atoms with Crippen LogP contribution in [0.5, 0.6) is 0 Å². The first-order valence-electron chi connectivity index (χ1n) is 8.58. The van der Waals surface area contributed by atoms with Crippen LogP contribution in [0.1, 0.15) is 37.7 Å². The monoisotopic (exact) mass is 352 g/mol. The van der Waals surface area contributed by atoms with E-state index in [-0.39, 0.29) is 6.42 Å². The van der Waals surface area contributed by atoms with Gasteiger partial charge in [0.05, 0.1) is 4.90 Å². The molecule has 3 rings (SSSR count). The van der Waals surface area contributed by atoms with Gasteiger partial charge in [0, 0.05) is 38.3 Å². The van der Waals surface area contributed by atoms with Gasteiger partial charge in [0.2, 0.25) is 10.0 Å². The van der Waals surface area contributed by atoms with Crippen molar-refractivity contribution in [3.63, 3.8) is 0 Å². The number of carboxylic acid groups (broad SMARTS) is 1. The van der Waals surface area contributed by atoms with Gasteiger partial charge in [0.15, 0.2) is 0 Å². The molecule has 0 spiro atoms. The van der Waals surface area contributed by atoms with E-state index in [1.54, 1.807) is 16.4 Å². The first-order valence-corrected chi connectivity index (χ1v) is 10.0. The topological polar surface area (TPSA) is 77.9 Å². The summed E-state index contributed by atoms with van der Waals surface area (Å²) in [4.78, 5) is 13.1. The van der Waals surface area contributed by atoms with Gasteiger partial charge in [-0.3, -0.25) is 4.79 Å². The Labute approximate surface area is 143 Å². The number of anilines is 1. The van der Waals surface area contributed by atoms with Crippen molar-refractivity contribution in [2.75, 3.05) is 31.1 Å². The number of carbonyl (C=O) groups is 1. The lowest BCUT2D eigenvalue weighted by Gasteiger charge is -2.21. The minimum atomic E-state index is -3.39. The predicted octanol–water partition coefficient (Wildman–Crippen LogP) is 2.09. The maximum atomic E-state index is 12.7. The van der Waals surface area contributed by atoms with Crippen LogP contribution in [-0.4, -0.2) is 50.0 Å². The molecule has 1 saturated heterocycles. The molecule has 132 valence electrons. The number of carboxylic acids is 1. The maximum absolute atomic E-state index is 12.7. The van der Waals surface area contributed by atoms with Gasteiger partial charge in [-0.15, -0.1) is 0 Å². The highest BCUT2D eigenvalue weighted by Gasteiger charge is 2.29. The lowest BCUT2D eigenvalue weighted by Crippen LogP contribution is -2.28. The van der Waals surface area contributed by atoms with Gasteiger partial charge in [0.25, 0.3) is 0 Å². The number of nitrogens with zero attached hydrogens (tertiary/aromatic N) is 2. The third kappa shape index (κ3) is 3.57. The number of benzene rings is 1. The van der Waals surface area contributed by atoms with Crippen LogP contribution in [0.3, 0.4) is 0 Å². The van der Waals surface area contributed by atoms with Crippen LogP contribution in [0.25, 0.3) is 0 Å². The standard InChI is InChI=1S/C17H24N2O4S/c20-17(21)5-1-2-9-18-12-8-14-6-7-15(13-16(14)18)24(22,23)19-10-3-4-11-19/h6-7,13H,1-5,8-12H2,(H,20,21). The van der Waals surface area contributed by atoms with Crippen LogP contribution < -0.4 is 4.90 Å². The van der Waals surface area contributed by atoms with Crippen molar-refractivity contribution in [1.82, 2.24) is 4.31 Å². The van der Waals surface area contributed by atoms with Crippen LogP contribution in [0, 0.1) is 0 Å². The average molecular weight is 352 g/mol. The number of sulfonamides is 1. The van der Waals surface area contributed by atoms with Crippen LogP contribution in [0.15, 0.2) is 23.1 Å². The van der Waals surface area contributed by atoms with E-state index in [2.05, 4.69) is 4.90 Å². The van der Waals surface area contributed by atoms with Crippen LogP contribution in [0.4, 0.5) is 5.69 Å². The molecule has 1 fully saturated rings. The van der Waals surface area contributed by atoms with Crippen molar-refractivity contribution < 1.29 is 18.3 Å². The Morgan fingerprint density at radius 3 is 2.58 bits per heavy atom. The summed E-state index contributed by atoms with van der Waals surface area (Å²) in [5, 5.41) is 8.71. The fourth-order valence-electron chi connectivity index (χ4n) is 3.47. The Bertz CT molecular complexity index is 711. The van der Waals surface area contributed by atoms with Gasteiger partial charge in [-0.1, -0.05) is 6.07 Å². The molecule has 0 amide bonds. The molecule has 1 aromatic carbocycles. The summed E-state index contributed by atoms with van der Waals surface area (Å²) in [5.41, 5.74) is 2.17. The molecule has 0 aliphatic carbocycles. The van der Waals surface area contributed by atoms with Gasteiger partial charge in [-0.2, -0.15) is 4.31 Å². The summed E-state index contributed by atoms with van der Waals surface area (Å²) in [6.07, 6.45) is 4.41. The second-order valence-electron chi connectivity index (χ2n) is 6.49. The third-order valence-electron chi connectivity index (χ3n) is 4.82. The lowest BCUT2D eigenvalue weighted by molar-refractivity contribution is -0.137. The summed E-state index contributed by atoms with van der Waals surface area (Å²) in [5.74, 6) is -0.768. The van der Waals surface area contributed by atoms with Gasteiger partial charge in [-0.05, 0) is 49.8 Å². The number of hydrogen-bond acceptors (Lipinski definition) is 4. The first kappa shape index (κ1) is 17.2. The van der Waals surface area contributed by atoms with Gasteiger partial charge in [-0.25, -0.2) is 8.42 Å². The minimum Gasteiger partial charge on any atom is -0.481 e. The van der Waals surface area contributed by atoms with Crippen LogP contribution >= 0.6 is 0 Å². The Hall–Kier alpha value is -1.60. The summed E-state index contributed by atoms with van der Waals surface area (Å²) >= 11 is 0. The van der Waals surface area contributed by atoms with Crippen molar-refractivity contribution >= 4 is 21.7 Å². The molecule has 0 saturated carbocycles. The van der Waals surface area contributed by atoms with Crippen molar-refractivity contribution in [3.05, 3.63) is 23.8 Å². The first-order chi connectivity index (χ1) is 11.5. The van der Waals surface area contributed by atoms with Crippen molar-refractivity contribution in [3.8, 4) is 0 Å². The molecule has 24 heavy (non-hydrogen) atoms. The zero-order valence-corrected chi connectivity index (χ0v) is 14.6. The molecule has 6 nitrogen and oxygen atoms in total. The molecule has 7 heteroatoms. The minimum absolute atomic E-state index is 0.185. The molecule has 1 aromatic rings. The Kier molecular flexibility index (Phi) is 5.10. The second-order valence-corrected chi connectivity index (χ2v) is 8.43. The molecule has 1 N–H and O–H groups in total. The zero-order valence-electron chi connectivity index (χ0n) is 13.8. The Morgan fingerprint density at radius 1 is 1.12 bits per heavy atom. The highest BCUT2D eigenvalue weighted by Crippen LogP contribution is 2.32. The largest absolute Gasteiger partial charge is 0.481 e. The summed E-state index contributed by atoms with van der Waals surface area (Å²) in [6.45, 7) is 2.86. The Morgan fingerprint density at radius 2 is 1.88 bits per heavy atom. The molecule has 2 heterocycles. The van der Waals surface area contributed by atoms with Crippen molar-refractivity contribution in [1.29, 1.82) is 0 Å². The van der Waals surface area contributed by atoms with E-state index in [1.165, 1.54) is 5.56 Å². The van der Waals surface area contributed by atoms with E-state index in [0.717, 1.165) is 44.5 Å². The quantitative estimate of drug-likeness (QED) is 0.760. The molecule has 0 bridgehead atoms. The molecular formula is C17H24N2O4S. The molecule has 2 aliphatic heterocycles. The van der Waals surface area contributed by atoms with E-state index >= 15 is 0 Å². The van der Waals surface area contributed by atoms with Gasteiger partial charge in [0.1, 0.15) is 0 Å². The maximum Gasteiger partial charge on any atom is 0.303 e. The molecule has 0 unspecified atom stereocenters. The van der Waals surface area contributed by atoms with E-state index in [4.69, 9.17) is 5.11 Å². The van der Waals surface area contributed by atoms with E-state index in [9.17, 15) is 13.2 Å². The molecule has 0 aromatic heterocycles. The van der Waals surface area contributed by atoms with E-state index < -0.39 is 16.0 Å². The number of rotatable bonds is 7. The number of aliphatic carboxylic acids is 1. The summed E-state index contributed by atoms with van der Waals surface area (Å²) in [7, 11) is -3.39. The van der Waals surface area contributed by atoms with E-state index in [1.807, 2.05) is 6.07 Å². The normalized spacial score (nSPS) is 18.1. The van der Waals surface area contributed by atoms with Gasteiger partial charge >= 0.3 is 5.97 Å². The fourth-order valence-corrected chi connectivity index (χ4v) is 5.01. The Balaban J connectivity index is 1.72. The number of unbranched alkanes of at least 4 members (excludes halogenated alkanes) is 1. The molecule has 0 radical (unpaired) electrons. The molecule has 0 atom stereocenters. The third-order valence-corrected chi connectivity index (χ3v) is 6.71. The van der Waals surface area contributed by atoms with Crippen molar-refractivity contribution in [2.24, 2.45) is 0 Å². The second kappa shape index (κ2) is 7.11. The van der Waals surface area contributed by atoms with Crippen molar-refractivity contribution in [2.45, 2.75) is 43.4 Å². The number of fused-ring (bicyclic) bond motifs is 1.